The molecular formula is C11H20N2Se. The summed E-state index contributed by atoms with van der Waals surface area (Å²) < 4.78 is 1.08. The molecule has 0 fully saturated rings. The molecule has 0 aromatic rings. The van der Waals surface area contributed by atoms with E-state index < -0.39 is 0 Å². The van der Waals surface area contributed by atoms with Crippen LogP contribution in [0.4, 0.5) is 0 Å². The van der Waals surface area contributed by atoms with Crippen LogP contribution in [0.2, 0.25) is 0 Å². The van der Waals surface area contributed by atoms with E-state index in [1.807, 2.05) is 12.2 Å². The molecule has 0 aliphatic rings. The number of unbranched alkanes of at least 4 members (excludes halogenated alkanes) is 1. The van der Waals surface area contributed by atoms with Crippen LogP contribution in [0.5, 0.6) is 0 Å². The molecule has 0 rings (SSSR count). The van der Waals surface area contributed by atoms with E-state index in [2.05, 4.69) is 45.9 Å². The zero-order chi connectivity index (χ0) is 10.8. The first-order valence-corrected chi connectivity index (χ1v) is 5.86. The molecule has 14 heavy (non-hydrogen) atoms. The Morgan fingerprint density at radius 2 is 1.93 bits per heavy atom. The SMILES string of the molecule is C=CCN(CC=C)C(=[Se])NCCCC. The minimum absolute atomic E-state index is 0.841. The first-order valence-electron chi connectivity index (χ1n) is 5.00. The van der Waals surface area contributed by atoms with E-state index in [4.69, 9.17) is 0 Å². The van der Waals surface area contributed by atoms with Crippen molar-refractivity contribution >= 4 is 20.2 Å². The molecule has 80 valence electrons. The number of nitrogens with zero attached hydrogens (tertiary/aromatic N) is 1. The predicted molar refractivity (Wildman–Crippen MR) is 65.6 cm³/mol. The molecule has 0 aromatic heterocycles. The Bertz CT molecular complexity index is 180. The summed E-state index contributed by atoms with van der Waals surface area (Å²) in [7, 11) is 0. The number of rotatable bonds is 9. The molecule has 3 heteroatoms. The van der Waals surface area contributed by atoms with Gasteiger partial charge in [0.15, 0.2) is 0 Å². The van der Waals surface area contributed by atoms with Crippen molar-refractivity contribution in [1.29, 1.82) is 0 Å². The average Bonchev–Trinajstić information content (AvgIpc) is 2.18. The topological polar surface area (TPSA) is 15.3 Å². The van der Waals surface area contributed by atoms with Crippen LogP contribution in [-0.2, 0) is 0 Å². The van der Waals surface area contributed by atoms with Crippen molar-refractivity contribution in [1.82, 2.24) is 10.2 Å². The van der Waals surface area contributed by atoms with Gasteiger partial charge in [0.2, 0.25) is 0 Å². The quantitative estimate of drug-likeness (QED) is 0.381. The third kappa shape index (κ3) is 6.00. The molecule has 1 N–H and O–H groups in total. The Morgan fingerprint density at radius 3 is 2.36 bits per heavy atom. The summed E-state index contributed by atoms with van der Waals surface area (Å²) in [5.74, 6) is 0. The second-order valence-corrected chi connectivity index (χ2v) is 3.88. The van der Waals surface area contributed by atoms with Crippen LogP contribution in [0.3, 0.4) is 0 Å². The van der Waals surface area contributed by atoms with Crippen LogP contribution in [0, 0.1) is 0 Å². The second-order valence-electron chi connectivity index (χ2n) is 3.07. The van der Waals surface area contributed by atoms with Gasteiger partial charge in [-0.1, -0.05) is 0 Å². The van der Waals surface area contributed by atoms with Crippen molar-refractivity contribution in [2.75, 3.05) is 19.6 Å². The molecule has 0 atom stereocenters. The molecule has 0 bridgehead atoms. The van der Waals surface area contributed by atoms with Crippen LogP contribution >= 0.6 is 0 Å². The number of hydrogen-bond acceptors (Lipinski definition) is 2. The molecule has 0 aliphatic carbocycles. The summed E-state index contributed by atoms with van der Waals surface area (Å²) in [4.78, 5) is 2.16. The fourth-order valence-corrected chi connectivity index (χ4v) is 1.56. The van der Waals surface area contributed by atoms with Gasteiger partial charge in [0.1, 0.15) is 0 Å². The zero-order valence-corrected chi connectivity index (χ0v) is 10.7. The first-order chi connectivity index (χ1) is 6.76. The molecule has 0 spiro atoms. The predicted octanol–water partition coefficient (Wildman–Crippen LogP) is 1.31. The van der Waals surface area contributed by atoms with E-state index in [0.717, 1.165) is 24.3 Å². The monoisotopic (exact) mass is 260 g/mol. The summed E-state index contributed by atoms with van der Waals surface area (Å²) in [5, 5.41) is 3.34. The van der Waals surface area contributed by atoms with E-state index in [0.29, 0.717) is 0 Å². The van der Waals surface area contributed by atoms with Gasteiger partial charge in [-0.25, -0.2) is 0 Å². The molecule has 2 nitrogen and oxygen atoms in total. The third-order valence-electron chi connectivity index (χ3n) is 1.79. The van der Waals surface area contributed by atoms with Crippen molar-refractivity contribution in [3.05, 3.63) is 25.3 Å². The van der Waals surface area contributed by atoms with Crippen LogP contribution < -0.4 is 5.32 Å². The summed E-state index contributed by atoms with van der Waals surface area (Å²) in [5.41, 5.74) is 0. The molecule has 0 aromatic carbocycles. The normalized spacial score (nSPS) is 9.21. The Morgan fingerprint density at radius 1 is 1.36 bits per heavy atom. The van der Waals surface area contributed by atoms with Gasteiger partial charge in [-0.15, -0.1) is 0 Å². The van der Waals surface area contributed by atoms with Gasteiger partial charge in [0, 0.05) is 0 Å². The summed E-state index contributed by atoms with van der Waals surface area (Å²) in [6.07, 6.45) is 6.19. The van der Waals surface area contributed by atoms with Crippen molar-refractivity contribution in [3.63, 3.8) is 0 Å². The Labute approximate surface area is 95.4 Å². The van der Waals surface area contributed by atoms with Crippen molar-refractivity contribution in [3.8, 4) is 0 Å². The van der Waals surface area contributed by atoms with Crippen molar-refractivity contribution in [2.45, 2.75) is 19.8 Å². The molecule has 0 amide bonds. The third-order valence-corrected chi connectivity index (χ3v) is 2.64. The van der Waals surface area contributed by atoms with E-state index in [1.165, 1.54) is 12.8 Å². The van der Waals surface area contributed by atoms with Crippen LogP contribution in [0.25, 0.3) is 0 Å². The van der Waals surface area contributed by atoms with Crippen LogP contribution in [-0.4, -0.2) is 44.8 Å². The molecule has 0 saturated heterocycles. The fourth-order valence-electron chi connectivity index (χ4n) is 1.04. The number of hydrogen-bond donors (Lipinski definition) is 1. The summed E-state index contributed by atoms with van der Waals surface area (Å²) in [6, 6.07) is 0. The number of nitrogens with one attached hydrogen (secondary N) is 1. The van der Waals surface area contributed by atoms with Gasteiger partial charge in [-0.05, 0) is 0 Å². The molecule has 0 radical (unpaired) electrons. The van der Waals surface area contributed by atoms with Gasteiger partial charge < -0.3 is 0 Å². The molecule has 0 aliphatic heterocycles. The van der Waals surface area contributed by atoms with Crippen molar-refractivity contribution < 1.29 is 0 Å². The van der Waals surface area contributed by atoms with Crippen LogP contribution in [0.15, 0.2) is 25.3 Å². The minimum atomic E-state index is 0.841. The average molecular weight is 259 g/mol. The first kappa shape index (κ1) is 13.5. The zero-order valence-electron chi connectivity index (χ0n) is 8.96. The maximum absolute atomic E-state index is 3.73. The Balaban J connectivity index is 3.87. The Hall–Kier alpha value is -0.531. The van der Waals surface area contributed by atoms with E-state index in [9.17, 15) is 0 Å². The van der Waals surface area contributed by atoms with Gasteiger partial charge >= 0.3 is 95.2 Å². The van der Waals surface area contributed by atoms with Crippen LogP contribution in [0.1, 0.15) is 19.8 Å². The van der Waals surface area contributed by atoms with E-state index in [-0.39, 0.29) is 0 Å². The Kier molecular flexibility index (Phi) is 8.70. The maximum atomic E-state index is 3.73. The van der Waals surface area contributed by atoms with Gasteiger partial charge in [-0.2, -0.15) is 0 Å². The molecule has 0 heterocycles. The van der Waals surface area contributed by atoms with Gasteiger partial charge in [-0.3, -0.25) is 0 Å². The molecule has 0 saturated carbocycles. The van der Waals surface area contributed by atoms with Gasteiger partial charge in [0.25, 0.3) is 0 Å². The van der Waals surface area contributed by atoms with E-state index in [1.54, 1.807) is 0 Å². The summed E-state index contributed by atoms with van der Waals surface area (Å²) in [6.45, 7) is 12.3. The molecule has 0 unspecified atom stereocenters. The second kappa shape index (κ2) is 9.04. The van der Waals surface area contributed by atoms with Crippen molar-refractivity contribution in [2.24, 2.45) is 0 Å². The molecular weight excluding hydrogens is 239 g/mol. The fraction of sp³-hybridized carbons (Fsp3) is 0.545. The standard InChI is InChI=1S/C11H20N2Se/c1-4-7-8-12-11(14)13(9-5-2)10-6-3/h5-6H,2-4,7-10H2,1H3,(H,12,14). The summed E-state index contributed by atoms with van der Waals surface area (Å²) >= 11 is 3.04. The van der Waals surface area contributed by atoms with E-state index >= 15 is 0 Å². The van der Waals surface area contributed by atoms with Gasteiger partial charge in [0.05, 0.1) is 0 Å².